The first-order valence-electron chi connectivity index (χ1n) is 16.0. The van der Waals surface area contributed by atoms with Crippen molar-refractivity contribution < 1.29 is 33.6 Å². The van der Waals surface area contributed by atoms with E-state index < -0.39 is 17.7 Å². The minimum absolute atomic E-state index is 0.0835. The van der Waals surface area contributed by atoms with Crippen LogP contribution >= 0.6 is 23.1 Å². The van der Waals surface area contributed by atoms with E-state index in [0.717, 1.165) is 24.8 Å². The smallest absolute Gasteiger partial charge is 0.301 e. The molecule has 2 aliphatic heterocycles. The molecule has 10 nitrogen and oxygen atoms in total. The summed E-state index contributed by atoms with van der Waals surface area (Å²) in [6, 6.07) is 17.5. The summed E-state index contributed by atoms with van der Waals surface area (Å²) in [6.45, 7) is 7.73. The molecule has 1 aromatic heterocycles. The van der Waals surface area contributed by atoms with Gasteiger partial charge in [0.1, 0.15) is 19.0 Å². The summed E-state index contributed by atoms with van der Waals surface area (Å²) in [7, 11) is 0. The third kappa shape index (κ3) is 7.14. The van der Waals surface area contributed by atoms with Gasteiger partial charge in [0.15, 0.2) is 27.3 Å². The van der Waals surface area contributed by atoms with Gasteiger partial charge in [-0.3, -0.25) is 14.5 Å². The van der Waals surface area contributed by atoms with Crippen LogP contribution in [0.25, 0.3) is 5.76 Å². The molecule has 0 aliphatic carbocycles. The number of aliphatic hydroxyl groups excluding tert-OH is 1. The van der Waals surface area contributed by atoms with Crippen molar-refractivity contribution in [3.05, 3.63) is 88.5 Å². The topological polar surface area (TPSA) is 120 Å². The van der Waals surface area contributed by atoms with Crippen molar-refractivity contribution in [2.45, 2.75) is 56.2 Å². The van der Waals surface area contributed by atoms with Crippen LogP contribution in [-0.2, 0) is 15.3 Å². The van der Waals surface area contributed by atoms with Crippen LogP contribution in [0.3, 0.4) is 0 Å². The van der Waals surface area contributed by atoms with Crippen molar-refractivity contribution in [1.82, 2.24) is 10.2 Å². The maximum Gasteiger partial charge on any atom is 0.301 e. The molecule has 250 valence electrons. The number of hydrogen-bond donors (Lipinski definition) is 1. The van der Waals surface area contributed by atoms with Gasteiger partial charge in [0, 0.05) is 11.3 Å². The number of hydrogen-bond acceptors (Lipinski definition) is 11. The molecule has 1 N–H and O–H groups in total. The van der Waals surface area contributed by atoms with E-state index in [1.54, 1.807) is 36.4 Å². The average Bonchev–Trinajstić information content (AvgIpc) is 3.68. The summed E-state index contributed by atoms with van der Waals surface area (Å²) in [5.74, 6) is 0.688. The van der Waals surface area contributed by atoms with Crippen molar-refractivity contribution in [1.29, 1.82) is 0 Å². The number of ketones is 1. The van der Waals surface area contributed by atoms with Gasteiger partial charge >= 0.3 is 5.91 Å². The van der Waals surface area contributed by atoms with E-state index in [0.29, 0.717) is 70.6 Å². The number of anilines is 1. The first-order valence-corrected chi connectivity index (χ1v) is 17.8. The Kier molecular flexibility index (Phi) is 10.5. The standard InChI is InChI=1S/C36H37N3O7S2/c1-4-6-7-16-44-26-14-12-24(19-28(26)43-5-2)31-30(32(40)25-13-15-27-29(20-25)46-18-17-45-27)33(41)34(42)39(31)35-37-38-36(48-35)47-21-23-10-8-22(3)9-11-23/h8-15,19-20,31,40H,4-7,16-18,21H2,1-3H3. The van der Waals surface area contributed by atoms with Gasteiger partial charge in [-0.25, -0.2) is 0 Å². The predicted octanol–water partition coefficient (Wildman–Crippen LogP) is 7.50. The van der Waals surface area contributed by atoms with Crippen LogP contribution in [0, 0.1) is 6.92 Å². The number of unbranched alkanes of at least 4 members (excludes halogenated alkanes) is 2. The molecule has 2 aliphatic rings. The molecule has 0 radical (unpaired) electrons. The second kappa shape index (κ2) is 15.1. The fourth-order valence-electron chi connectivity index (χ4n) is 5.50. The number of thioether (sulfide) groups is 1. The van der Waals surface area contributed by atoms with Gasteiger partial charge in [-0.15, -0.1) is 10.2 Å². The van der Waals surface area contributed by atoms with Gasteiger partial charge < -0.3 is 24.1 Å². The van der Waals surface area contributed by atoms with Gasteiger partial charge in [0.05, 0.1) is 24.8 Å². The highest BCUT2D eigenvalue weighted by Gasteiger charge is 2.48. The quantitative estimate of drug-likeness (QED) is 0.0378. The number of carbonyl (C=O) groups is 2. The highest BCUT2D eigenvalue weighted by Crippen LogP contribution is 2.46. The minimum atomic E-state index is -1.02. The molecule has 1 saturated heterocycles. The summed E-state index contributed by atoms with van der Waals surface area (Å²) < 4.78 is 24.0. The third-order valence-electron chi connectivity index (χ3n) is 7.93. The number of carbonyl (C=O) groups excluding carboxylic acids is 2. The van der Waals surface area contributed by atoms with E-state index in [2.05, 4.69) is 41.4 Å². The lowest BCUT2D eigenvalue weighted by Crippen LogP contribution is -2.29. The first kappa shape index (κ1) is 33.4. The second-order valence-corrected chi connectivity index (χ2v) is 13.5. The van der Waals surface area contributed by atoms with Crippen LogP contribution in [0.2, 0.25) is 0 Å². The van der Waals surface area contributed by atoms with Gasteiger partial charge in [-0.05, 0) is 61.7 Å². The Morgan fingerprint density at radius 2 is 1.75 bits per heavy atom. The molecule has 4 aromatic rings. The molecule has 3 heterocycles. The lowest BCUT2D eigenvalue weighted by Gasteiger charge is -2.24. The van der Waals surface area contributed by atoms with E-state index >= 15 is 0 Å². The van der Waals surface area contributed by atoms with Crippen LogP contribution in [-0.4, -0.2) is 53.4 Å². The Morgan fingerprint density at radius 1 is 0.958 bits per heavy atom. The number of nitrogens with zero attached hydrogens (tertiary/aromatic N) is 3. The largest absolute Gasteiger partial charge is 0.507 e. The Morgan fingerprint density at radius 3 is 2.52 bits per heavy atom. The molecule has 3 aromatic carbocycles. The summed E-state index contributed by atoms with van der Waals surface area (Å²) in [6.07, 6.45) is 3.02. The predicted molar refractivity (Wildman–Crippen MR) is 185 cm³/mol. The highest BCUT2D eigenvalue weighted by atomic mass is 32.2. The van der Waals surface area contributed by atoms with E-state index in [1.807, 2.05) is 13.8 Å². The SMILES string of the molecule is CCCCCOc1ccc(C2C(=C(O)c3ccc4c(c3)OCCO4)C(=O)C(=O)N2c2nnc(SCc3ccc(C)cc3)s2)cc1OCC. The van der Waals surface area contributed by atoms with Crippen molar-refractivity contribution in [2.75, 3.05) is 31.3 Å². The number of rotatable bonds is 13. The zero-order chi connectivity index (χ0) is 33.6. The van der Waals surface area contributed by atoms with Gasteiger partial charge in [0.25, 0.3) is 5.78 Å². The van der Waals surface area contributed by atoms with Gasteiger partial charge in [0.2, 0.25) is 5.13 Å². The summed E-state index contributed by atoms with van der Waals surface area (Å²) in [5.41, 5.74) is 3.08. The molecule has 1 fully saturated rings. The highest BCUT2D eigenvalue weighted by molar-refractivity contribution is 8.00. The number of benzene rings is 3. The fraction of sp³-hybridized carbons (Fsp3) is 0.333. The minimum Gasteiger partial charge on any atom is -0.507 e. The number of aromatic nitrogens is 2. The molecular formula is C36H37N3O7S2. The van der Waals surface area contributed by atoms with Crippen molar-refractivity contribution in [3.8, 4) is 23.0 Å². The number of ether oxygens (including phenoxy) is 4. The molecule has 12 heteroatoms. The monoisotopic (exact) mass is 687 g/mol. The Hall–Kier alpha value is -4.55. The molecule has 0 saturated carbocycles. The molecule has 48 heavy (non-hydrogen) atoms. The number of amides is 1. The summed E-state index contributed by atoms with van der Waals surface area (Å²) in [5, 5.41) is 20.7. The molecule has 6 rings (SSSR count). The number of aliphatic hydroxyl groups is 1. The molecule has 1 amide bonds. The summed E-state index contributed by atoms with van der Waals surface area (Å²) in [4.78, 5) is 29.0. The third-order valence-corrected chi connectivity index (χ3v) is 10.1. The maximum atomic E-state index is 13.8. The Balaban J connectivity index is 1.40. The van der Waals surface area contributed by atoms with Crippen molar-refractivity contribution >= 4 is 45.7 Å². The van der Waals surface area contributed by atoms with E-state index in [4.69, 9.17) is 18.9 Å². The van der Waals surface area contributed by atoms with Crippen LogP contribution < -0.4 is 23.8 Å². The molecule has 0 spiro atoms. The van der Waals surface area contributed by atoms with Crippen molar-refractivity contribution in [2.24, 2.45) is 0 Å². The Labute approximate surface area is 287 Å². The number of fused-ring (bicyclic) bond motifs is 1. The Bertz CT molecular complexity index is 1820. The number of aryl methyl sites for hydroxylation is 1. The molecule has 1 atom stereocenters. The second-order valence-electron chi connectivity index (χ2n) is 11.3. The molecule has 1 unspecified atom stereocenters. The van der Waals surface area contributed by atoms with Crippen LogP contribution in [0.4, 0.5) is 5.13 Å². The molecular weight excluding hydrogens is 651 g/mol. The van der Waals surface area contributed by atoms with Gasteiger partial charge in [-0.2, -0.15) is 0 Å². The fourth-order valence-corrected chi connectivity index (χ4v) is 7.32. The number of Topliss-reactive ketones (excluding diaryl/α,β-unsaturated/α-hetero) is 1. The van der Waals surface area contributed by atoms with Crippen LogP contribution in [0.5, 0.6) is 23.0 Å². The van der Waals surface area contributed by atoms with Gasteiger partial charge in [-0.1, -0.05) is 78.8 Å². The van der Waals surface area contributed by atoms with E-state index in [-0.39, 0.29) is 16.5 Å². The van der Waals surface area contributed by atoms with E-state index in [1.165, 1.54) is 33.6 Å². The average molecular weight is 688 g/mol. The zero-order valence-electron chi connectivity index (χ0n) is 27.1. The lowest BCUT2D eigenvalue weighted by molar-refractivity contribution is -0.132. The summed E-state index contributed by atoms with van der Waals surface area (Å²) >= 11 is 2.71. The molecule has 0 bridgehead atoms. The lowest BCUT2D eigenvalue weighted by atomic mass is 9.95. The van der Waals surface area contributed by atoms with Crippen LogP contribution in [0.15, 0.2) is 70.6 Å². The van der Waals surface area contributed by atoms with E-state index in [9.17, 15) is 14.7 Å². The van der Waals surface area contributed by atoms with Crippen LogP contribution in [0.1, 0.15) is 61.4 Å². The maximum absolute atomic E-state index is 13.8. The van der Waals surface area contributed by atoms with Crippen molar-refractivity contribution in [3.63, 3.8) is 0 Å². The zero-order valence-corrected chi connectivity index (χ0v) is 28.7. The first-order chi connectivity index (χ1) is 23.4. The normalized spacial score (nSPS) is 16.7.